The van der Waals surface area contributed by atoms with Gasteiger partial charge in [-0.25, -0.2) is 14.4 Å². The maximum atomic E-state index is 13.7. The number of aromatic amines is 1. The Morgan fingerprint density at radius 1 is 1.16 bits per heavy atom. The van der Waals surface area contributed by atoms with E-state index in [0.717, 1.165) is 6.42 Å². The lowest BCUT2D eigenvalue weighted by Gasteiger charge is -2.40. The van der Waals surface area contributed by atoms with Gasteiger partial charge in [0.05, 0.1) is 43.0 Å². The molecule has 0 radical (unpaired) electrons. The SMILES string of the molecule is CCCOc1nccc(-c2[nH]c(C3(C(N)=O)OCC(C)(C(=O)OC(C)C)CO3)nc2-c2ccc(F)cc2)n1. The minimum atomic E-state index is -2.13. The second-order valence-electron chi connectivity index (χ2n) is 9.46. The molecule has 1 saturated heterocycles. The number of nitrogens with two attached hydrogens (primary N) is 1. The maximum Gasteiger partial charge on any atom is 0.316 e. The molecular formula is C26H30FN5O6. The van der Waals surface area contributed by atoms with Crippen LogP contribution in [0.25, 0.3) is 22.6 Å². The summed E-state index contributed by atoms with van der Waals surface area (Å²) < 4.78 is 36.3. The molecule has 0 spiro atoms. The van der Waals surface area contributed by atoms with Gasteiger partial charge in [0.25, 0.3) is 5.91 Å². The summed E-state index contributed by atoms with van der Waals surface area (Å²) in [4.78, 5) is 41.6. The number of nitrogens with zero attached hydrogens (tertiary/aromatic N) is 3. The number of hydrogen-bond donors (Lipinski definition) is 2. The highest BCUT2D eigenvalue weighted by Crippen LogP contribution is 2.39. The summed E-state index contributed by atoms with van der Waals surface area (Å²) in [5.74, 6) is -4.12. The number of nitrogens with one attached hydrogen (secondary N) is 1. The average Bonchev–Trinajstić information content (AvgIpc) is 3.34. The second kappa shape index (κ2) is 10.8. The monoisotopic (exact) mass is 527 g/mol. The van der Waals surface area contributed by atoms with Crippen LogP contribution in [-0.2, 0) is 29.6 Å². The topological polar surface area (TPSA) is 152 Å². The first-order chi connectivity index (χ1) is 18.1. The second-order valence-corrected chi connectivity index (χ2v) is 9.46. The molecule has 202 valence electrons. The van der Waals surface area contributed by atoms with E-state index in [2.05, 4.69) is 19.9 Å². The van der Waals surface area contributed by atoms with Gasteiger partial charge in [-0.05, 0) is 57.5 Å². The molecule has 11 nitrogen and oxygen atoms in total. The van der Waals surface area contributed by atoms with Crippen LogP contribution in [0.4, 0.5) is 4.39 Å². The first-order valence-electron chi connectivity index (χ1n) is 12.2. The largest absolute Gasteiger partial charge is 0.463 e. The van der Waals surface area contributed by atoms with Gasteiger partial charge in [0.2, 0.25) is 0 Å². The van der Waals surface area contributed by atoms with Gasteiger partial charge in [0.15, 0.2) is 5.82 Å². The lowest BCUT2D eigenvalue weighted by Crippen LogP contribution is -2.56. The molecule has 0 atom stereocenters. The summed E-state index contributed by atoms with van der Waals surface area (Å²) in [5, 5.41) is 0. The van der Waals surface area contributed by atoms with E-state index in [4.69, 9.17) is 24.7 Å². The fraction of sp³-hybridized carbons (Fsp3) is 0.423. The summed E-state index contributed by atoms with van der Waals surface area (Å²) in [6.07, 6.45) is 1.94. The number of rotatable bonds is 9. The molecule has 12 heteroatoms. The Labute approximate surface area is 218 Å². The Bertz CT molecular complexity index is 1300. The van der Waals surface area contributed by atoms with Crippen molar-refractivity contribution < 1.29 is 32.9 Å². The zero-order valence-electron chi connectivity index (χ0n) is 21.6. The quantitative estimate of drug-likeness (QED) is 0.400. The van der Waals surface area contributed by atoms with Crippen LogP contribution in [0.15, 0.2) is 36.5 Å². The molecule has 0 unspecified atom stereocenters. The van der Waals surface area contributed by atoms with Crippen molar-refractivity contribution in [3.63, 3.8) is 0 Å². The van der Waals surface area contributed by atoms with Gasteiger partial charge in [-0.15, -0.1) is 0 Å². The maximum absolute atomic E-state index is 13.7. The standard InChI is InChI=1S/C26H30FN5O6/c1-5-12-35-24-29-11-10-18(30-24)20-19(16-6-8-17(27)9-7-16)31-22(32-20)26(21(28)33)36-13-25(4,14-37-26)23(34)38-15(2)3/h6-11,15H,5,12-14H2,1-4H3,(H2,28,33)(H,31,32). The number of hydrogen-bond acceptors (Lipinski definition) is 9. The zero-order chi connectivity index (χ0) is 27.5. The molecule has 2 aromatic heterocycles. The van der Waals surface area contributed by atoms with Crippen LogP contribution in [0.2, 0.25) is 0 Å². The van der Waals surface area contributed by atoms with Gasteiger partial charge < -0.3 is 29.7 Å². The fourth-order valence-corrected chi connectivity index (χ4v) is 3.75. The number of amides is 1. The third kappa shape index (κ3) is 5.36. The molecule has 1 amide bonds. The number of ether oxygens (including phenoxy) is 4. The zero-order valence-corrected chi connectivity index (χ0v) is 21.6. The molecule has 1 aliphatic heterocycles. The van der Waals surface area contributed by atoms with E-state index < -0.39 is 28.9 Å². The minimum absolute atomic E-state index is 0.0618. The number of halogens is 1. The molecule has 0 bridgehead atoms. The Morgan fingerprint density at radius 3 is 2.45 bits per heavy atom. The van der Waals surface area contributed by atoms with Gasteiger partial charge in [-0.1, -0.05) is 6.92 Å². The normalized spacial score (nSPS) is 21.3. The van der Waals surface area contributed by atoms with E-state index in [1.807, 2.05) is 6.92 Å². The Morgan fingerprint density at radius 2 is 1.84 bits per heavy atom. The van der Waals surface area contributed by atoms with Crippen LogP contribution in [0, 0.1) is 11.2 Å². The number of benzene rings is 1. The van der Waals surface area contributed by atoms with Crippen molar-refractivity contribution in [3.8, 4) is 28.7 Å². The highest BCUT2D eigenvalue weighted by molar-refractivity contribution is 5.85. The van der Waals surface area contributed by atoms with Crippen molar-refractivity contribution in [3.05, 3.63) is 48.2 Å². The molecular weight excluding hydrogens is 497 g/mol. The summed E-state index contributed by atoms with van der Waals surface area (Å²) in [6, 6.07) is 7.42. The molecule has 38 heavy (non-hydrogen) atoms. The van der Waals surface area contributed by atoms with E-state index in [1.54, 1.807) is 26.8 Å². The van der Waals surface area contributed by atoms with Crippen molar-refractivity contribution >= 4 is 11.9 Å². The van der Waals surface area contributed by atoms with Crippen molar-refractivity contribution in [1.29, 1.82) is 0 Å². The van der Waals surface area contributed by atoms with Crippen LogP contribution in [0.1, 0.15) is 39.9 Å². The van der Waals surface area contributed by atoms with Gasteiger partial charge in [-0.2, -0.15) is 4.98 Å². The Balaban J connectivity index is 1.77. The minimum Gasteiger partial charge on any atom is -0.463 e. The average molecular weight is 528 g/mol. The number of primary amides is 1. The number of aromatic nitrogens is 4. The number of imidazole rings is 1. The summed E-state index contributed by atoms with van der Waals surface area (Å²) in [5.41, 5.74) is 6.21. The summed E-state index contributed by atoms with van der Waals surface area (Å²) in [7, 11) is 0. The number of H-pyrrole nitrogens is 1. The highest BCUT2D eigenvalue weighted by atomic mass is 19.1. The third-order valence-electron chi connectivity index (χ3n) is 5.81. The predicted molar refractivity (Wildman–Crippen MR) is 133 cm³/mol. The smallest absolute Gasteiger partial charge is 0.316 e. The van der Waals surface area contributed by atoms with Crippen LogP contribution in [-0.4, -0.2) is 57.7 Å². The van der Waals surface area contributed by atoms with Crippen molar-refractivity contribution in [2.24, 2.45) is 11.1 Å². The molecule has 3 heterocycles. The van der Waals surface area contributed by atoms with Crippen LogP contribution >= 0.6 is 0 Å². The van der Waals surface area contributed by atoms with Crippen LogP contribution < -0.4 is 10.5 Å². The van der Waals surface area contributed by atoms with Crippen molar-refractivity contribution in [2.75, 3.05) is 19.8 Å². The molecule has 3 aromatic rings. The lowest BCUT2D eigenvalue weighted by molar-refractivity contribution is -0.294. The van der Waals surface area contributed by atoms with Gasteiger partial charge in [0.1, 0.15) is 11.2 Å². The molecule has 1 fully saturated rings. The van der Waals surface area contributed by atoms with Gasteiger partial charge >= 0.3 is 17.8 Å². The third-order valence-corrected chi connectivity index (χ3v) is 5.81. The number of carbonyl (C=O) groups excluding carboxylic acids is 2. The van der Waals surface area contributed by atoms with Crippen LogP contribution in [0.5, 0.6) is 6.01 Å². The molecule has 1 aromatic carbocycles. The van der Waals surface area contributed by atoms with Crippen molar-refractivity contribution in [1.82, 2.24) is 19.9 Å². The van der Waals surface area contributed by atoms with E-state index in [1.165, 1.54) is 30.5 Å². The van der Waals surface area contributed by atoms with E-state index in [-0.39, 0.29) is 31.2 Å². The molecule has 1 aliphatic rings. The number of carbonyl (C=O) groups is 2. The fourth-order valence-electron chi connectivity index (χ4n) is 3.75. The van der Waals surface area contributed by atoms with Gasteiger partial charge in [-0.3, -0.25) is 9.59 Å². The molecule has 0 aliphatic carbocycles. The van der Waals surface area contributed by atoms with E-state index >= 15 is 0 Å². The molecule has 0 saturated carbocycles. The van der Waals surface area contributed by atoms with E-state index in [9.17, 15) is 14.0 Å². The van der Waals surface area contributed by atoms with Crippen LogP contribution in [0.3, 0.4) is 0 Å². The Hall–Kier alpha value is -3.90. The lowest BCUT2D eigenvalue weighted by atomic mass is 9.91. The summed E-state index contributed by atoms with van der Waals surface area (Å²) in [6.45, 7) is 7.02. The van der Waals surface area contributed by atoms with Crippen molar-refractivity contribution in [2.45, 2.75) is 46.0 Å². The van der Waals surface area contributed by atoms with E-state index in [0.29, 0.717) is 29.3 Å². The highest BCUT2D eigenvalue weighted by Gasteiger charge is 2.54. The predicted octanol–water partition coefficient (Wildman–Crippen LogP) is 3.10. The first-order valence-corrected chi connectivity index (χ1v) is 12.2. The summed E-state index contributed by atoms with van der Waals surface area (Å²) >= 11 is 0. The number of esters is 1. The Kier molecular flexibility index (Phi) is 7.74. The van der Waals surface area contributed by atoms with Gasteiger partial charge in [0, 0.05) is 11.8 Å². The molecule has 3 N–H and O–H groups in total. The molecule has 4 rings (SSSR count). The first kappa shape index (κ1) is 27.1.